The molecular weight excluding hydrogens is 399 g/mol. The largest absolute Gasteiger partial charge is 0.416 e. The molecule has 6 nitrogen and oxygen atoms in total. The first-order valence-corrected chi connectivity index (χ1v) is 9.51. The Labute approximate surface area is 171 Å². The molecule has 158 valence electrons. The molecule has 0 bridgehead atoms. The van der Waals surface area contributed by atoms with Crippen molar-refractivity contribution in [2.24, 2.45) is 4.99 Å². The van der Waals surface area contributed by atoms with Crippen LogP contribution < -0.4 is 4.90 Å². The van der Waals surface area contributed by atoms with Gasteiger partial charge in [-0.2, -0.15) is 13.2 Å². The summed E-state index contributed by atoms with van der Waals surface area (Å²) in [5, 5.41) is 10.8. The molecule has 0 saturated carbocycles. The number of hydrogen-bond donors (Lipinski definition) is 0. The molecule has 0 aliphatic carbocycles. The average Bonchev–Trinajstić information content (AvgIpc) is 3.01. The first-order chi connectivity index (χ1) is 14.3. The number of aliphatic imine (C=N–C) groups is 1. The van der Waals surface area contributed by atoms with Gasteiger partial charge >= 0.3 is 6.18 Å². The molecule has 1 aliphatic rings. The Bertz CT molecular complexity index is 956. The van der Waals surface area contributed by atoms with Crippen LogP contribution in [-0.2, 0) is 6.18 Å². The van der Waals surface area contributed by atoms with Crippen LogP contribution in [-0.4, -0.2) is 29.6 Å². The van der Waals surface area contributed by atoms with E-state index in [1.807, 2.05) is 0 Å². The molecule has 0 aromatic heterocycles. The van der Waals surface area contributed by atoms with E-state index in [1.165, 1.54) is 41.3 Å². The third kappa shape index (κ3) is 5.22. The molecule has 30 heavy (non-hydrogen) atoms. The second-order valence-corrected chi connectivity index (χ2v) is 6.97. The Morgan fingerprint density at radius 2 is 1.83 bits per heavy atom. The number of Topliss-reactive ketones (excluding diaryl/α,β-unsaturated/α-hetero) is 1. The number of halogens is 3. The summed E-state index contributed by atoms with van der Waals surface area (Å²) in [5.41, 5.74) is -0.469. The zero-order chi connectivity index (χ0) is 21.7. The fraction of sp³-hybridized carbons (Fsp3) is 0.333. The fourth-order valence-electron chi connectivity index (χ4n) is 3.26. The molecule has 2 aromatic carbocycles. The van der Waals surface area contributed by atoms with Crippen molar-refractivity contribution in [2.45, 2.75) is 31.9 Å². The summed E-state index contributed by atoms with van der Waals surface area (Å²) in [5.74, 6) is 0.205. The van der Waals surface area contributed by atoms with E-state index in [2.05, 4.69) is 4.99 Å². The van der Waals surface area contributed by atoms with Gasteiger partial charge in [0.15, 0.2) is 5.78 Å². The summed E-state index contributed by atoms with van der Waals surface area (Å²) in [4.78, 5) is 29.1. The molecule has 0 fully saturated rings. The van der Waals surface area contributed by atoms with Crippen LogP contribution >= 0.6 is 0 Å². The molecular formula is C21H20F3N3O3. The van der Waals surface area contributed by atoms with Crippen molar-refractivity contribution in [3.63, 3.8) is 0 Å². The third-order valence-corrected chi connectivity index (χ3v) is 4.85. The van der Waals surface area contributed by atoms with Gasteiger partial charge in [0.1, 0.15) is 5.84 Å². The number of hydrogen-bond acceptors (Lipinski definition) is 5. The van der Waals surface area contributed by atoms with Gasteiger partial charge in [0, 0.05) is 36.3 Å². The standard InChI is InChI=1S/C21H20F3N3O3/c22-21(23,24)16-5-4-6-18(13-16)26(20-7-2-1-3-12-25-20)14-19(28)15-8-10-17(11-9-15)27(29)30/h4-6,8-11,13H,1-3,7,12,14H2. The van der Waals surface area contributed by atoms with Crippen LogP contribution in [0.4, 0.5) is 24.5 Å². The first-order valence-electron chi connectivity index (χ1n) is 9.51. The van der Waals surface area contributed by atoms with E-state index in [0.29, 0.717) is 18.8 Å². The Morgan fingerprint density at radius 1 is 1.10 bits per heavy atom. The summed E-state index contributed by atoms with van der Waals surface area (Å²) in [6.45, 7) is 0.342. The van der Waals surface area contributed by atoms with Crippen molar-refractivity contribution in [1.82, 2.24) is 0 Å². The lowest BCUT2D eigenvalue weighted by molar-refractivity contribution is -0.384. The van der Waals surface area contributed by atoms with Gasteiger partial charge < -0.3 is 4.90 Å². The molecule has 0 radical (unpaired) electrons. The van der Waals surface area contributed by atoms with Crippen LogP contribution in [0.15, 0.2) is 53.5 Å². The third-order valence-electron chi connectivity index (χ3n) is 4.85. The number of anilines is 1. The zero-order valence-corrected chi connectivity index (χ0v) is 16.1. The number of carbonyl (C=O) groups is 1. The Hall–Kier alpha value is -3.23. The highest BCUT2D eigenvalue weighted by molar-refractivity contribution is 6.07. The maximum Gasteiger partial charge on any atom is 0.416 e. The number of nitrogens with zero attached hydrogens (tertiary/aromatic N) is 3. The molecule has 2 aromatic rings. The van der Waals surface area contributed by atoms with Crippen molar-refractivity contribution in [1.29, 1.82) is 0 Å². The quantitative estimate of drug-likeness (QED) is 0.376. The molecule has 0 atom stereocenters. The van der Waals surface area contributed by atoms with E-state index in [-0.39, 0.29) is 29.3 Å². The zero-order valence-electron chi connectivity index (χ0n) is 16.1. The van der Waals surface area contributed by atoms with Gasteiger partial charge in [0.2, 0.25) is 0 Å². The van der Waals surface area contributed by atoms with E-state index < -0.39 is 16.7 Å². The summed E-state index contributed by atoms with van der Waals surface area (Å²) < 4.78 is 39.6. The molecule has 0 spiro atoms. The van der Waals surface area contributed by atoms with Gasteiger partial charge in [0.05, 0.1) is 17.0 Å². The monoisotopic (exact) mass is 419 g/mol. The normalized spacial score (nSPS) is 14.6. The van der Waals surface area contributed by atoms with Gasteiger partial charge in [-0.15, -0.1) is 0 Å². The van der Waals surface area contributed by atoms with Crippen LogP contribution in [0.2, 0.25) is 0 Å². The smallest absolute Gasteiger partial charge is 0.322 e. The van der Waals surface area contributed by atoms with Crippen molar-refractivity contribution < 1.29 is 22.9 Å². The lowest BCUT2D eigenvalue weighted by atomic mass is 10.1. The van der Waals surface area contributed by atoms with Crippen molar-refractivity contribution >= 4 is 23.0 Å². The number of rotatable bonds is 5. The van der Waals surface area contributed by atoms with E-state index in [9.17, 15) is 28.1 Å². The molecule has 0 amide bonds. The van der Waals surface area contributed by atoms with Gasteiger partial charge in [-0.3, -0.25) is 19.9 Å². The van der Waals surface area contributed by atoms with E-state index in [4.69, 9.17) is 0 Å². The average molecular weight is 419 g/mol. The molecule has 1 heterocycles. The van der Waals surface area contributed by atoms with Gasteiger partial charge in [-0.1, -0.05) is 12.5 Å². The molecule has 1 aliphatic heterocycles. The number of ketones is 1. The molecule has 9 heteroatoms. The first kappa shape index (κ1) is 21.5. The summed E-state index contributed by atoms with van der Waals surface area (Å²) in [6.07, 6.45) is -1.27. The van der Waals surface area contributed by atoms with Crippen LogP contribution in [0.5, 0.6) is 0 Å². The maximum absolute atomic E-state index is 13.2. The van der Waals surface area contributed by atoms with E-state index in [1.54, 1.807) is 0 Å². The Kier molecular flexibility index (Phi) is 6.49. The second-order valence-electron chi connectivity index (χ2n) is 6.97. The summed E-state index contributed by atoms with van der Waals surface area (Å²) in [7, 11) is 0. The van der Waals surface area contributed by atoms with Crippen molar-refractivity contribution in [3.05, 3.63) is 69.8 Å². The van der Waals surface area contributed by atoms with Crippen molar-refractivity contribution in [2.75, 3.05) is 18.0 Å². The SMILES string of the molecule is O=C(CN(C1=NCCCCC1)c1cccc(C(F)(F)F)c1)c1ccc([N+](=O)[O-])cc1. The molecule has 0 saturated heterocycles. The lowest BCUT2D eigenvalue weighted by Crippen LogP contribution is -2.36. The minimum absolute atomic E-state index is 0.144. The number of amidine groups is 1. The van der Waals surface area contributed by atoms with Gasteiger partial charge in [-0.05, 0) is 43.2 Å². The molecule has 3 rings (SSSR count). The number of nitro groups is 1. The number of non-ortho nitro benzene ring substituents is 1. The highest BCUT2D eigenvalue weighted by Crippen LogP contribution is 2.32. The number of alkyl halides is 3. The minimum Gasteiger partial charge on any atom is -0.322 e. The fourth-order valence-corrected chi connectivity index (χ4v) is 3.26. The van der Waals surface area contributed by atoms with Crippen LogP contribution in [0.25, 0.3) is 0 Å². The van der Waals surface area contributed by atoms with E-state index in [0.717, 1.165) is 31.4 Å². The highest BCUT2D eigenvalue weighted by atomic mass is 19.4. The summed E-state index contributed by atoms with van der Waals surface area (Å²) in [6, 6.07) is 9.96. The predicted molar refractivity (Wildman–Crippen MR) is 107 cm³/mol. The van der Waals surface area contributed by atoms with Gasteiger partial charge in [0.25, 0.3) is 5.69 Å². The minimum atomic E-state index is -4.50. The van der Waals surface area contributed by atoms with E-state index >= 15 is 0 Å². The number of nitro benzene ring substituents is 1. The lowest BCUT2D eigenvalue weighted by Gasteiger charge is -2.26. The number of carbonyl (C=O) groups excluding carboxylic acids is 1. The second kappa shape index (κ2) is 9.06. The van der Waals surface area contributed by atoms with Crippen LogP contribution in [0.1, 0.15) is 41.6 Å². The molecule has 0 unspecified atom stereocenters. The van der Waals surface area contributed by atoms with Crippen molar-refractivity contribution in [3.8, 4) is 0 Å². The Morgan fingerprint density at radius 3 is 2.50 bits per heavy atom. The summed E-state index contributed by atoms with van der Waals surface area (Å²) >= 11 is 0. The predicted octanol–water partition coefficient (Wildman–Crippen LogP) is 5.28. The van der Waals surface area contributed by atoms with Crippen LogP contribution in [0, 0.1) is 10.1 Å². The topological polar surface area (TPSA) is 75.8 Å². The maximum atomic E-state index is 13.2. The Balaban J connectivity index is 1.93. The highest BCUT2D eigenvalue weighted by Gasteiger charge is 2.31. The van der Waals surface area contributed by atoms with Crippen LogP contribution in [0.3, 0.4) is 0 Å². The van der Waals surface area contributed by atoms with Gasteiger partial charge in [-0.25, -0.2) is 0 Å². The number of benzene rings is 2. The molecule has 0 N–H and O–H groups in total.